The Kier molecular flexibility index (Phi) is 5.60. The summed E-state index contributed by atoms with van der Waals surface area (Å²) in [5.41, 5.74) is 6.16. The van der Waals surface area contributed by atoms with Gasteiger partial charge in [0.1, 0.15) is 4.90 Å². The fraction of sp³-hybridized carbons (Fsp3) is 0.727. The molecule has 0 saturated heterocycles. The Bertz CT molecular complexity index is 557. The van der Waals surface area contributed by atoms with E-state index in [9.17, 15) is 17.2 Å². The number of alkyl halides is 2. The number of nitrogens with zero attached hydrogens (tertiary/aromatic N) is 3. The highest BCUT2D eigenvalue weighted by Gasteiger charge is 2.30. The van der Waals surface area contributed by atoms with Gasteiger partial charge in [-0.25, -0.2) is 17.2 Å². The third-order valence-corrected chi connectivity index (χ3v) is 5.03. The number of sulfonamides is 1. The first-order valence-electron chi connectivity index (χ1n) is 6.20. The summed E-state index contributed by atoms with van der Waals surface area (Å²) in [4.78, 5) is -0.00216. The minimum atomic E-state index is -3.96. The predicted molar refractivity (Wildman–Crippen MR) is 71.2 cm³/mol. The fourth-order valence-corrected chi connectivity index (χ4v) is 3.47. The van der Waals surface area contributed by atoms with Crippen LogP contribution in [-0.4, -0.2) is 49.1 Å². The highest BCUT2D eigenvalue weighted by Crippen LogP contribution is 2.23. The zero-order chi connectivity index (χ0) is 15.5. The first-order valence-corrected chi connectivity index (χ1v) is 7.64. The smallest absolute Gasteiger partial charge is 0.252 e. The van der Waals surface area contributed by atoms with Crippen molar-refractivity contribution < 1.29 is 17.2 Å². The van der Waals surface area contributed by atoms with Crippen LogP contribution in [0.4, 0.5) is 8.78 Å². The van der Waals surface area contributed by atoms with Crippen molar-refractivity contribution in [2.24, 2.45) is 5.73 Å². The van der Waals surface area contributed by atoms with E-state index in [2.05, 4.69) is 5.10 Å². The number of aromatic nitrogens is 2. The highest BCUT2D eigenvalue weighted by atomic mass is 32.2. The van der Waals surface area contributed by atoms with Gasteiger partial charge in [0.15, 0.2) is 0 Å². The molecule has 6 nitrogen and oxygen atoms in total. The lowest BCUT2D eigenvalue weighted by molar-refractivity contribution is 0.126. The van der Waals surface area contributed by atoms with Gasteiger partial charge in [0.2, 0.25) is 10.0 Å². The predicted octanol–water partition coefficient (Wildman–Crippen LogP) is 0.734. The van der Waals surface area contributed by atoms with E-state index < -0.39 is 23.0 Å². The Hall–Kier alpha value is -1.06. The minimum Gasteiger partial charge on any atom is -0.330 e. The van der Waals surface area contributed by atoms with Gasteiger partial charge in [-0.05, 0) is 26.8 Å². The average Bonchev–Trinajstić information content (AvgIpc) is 2.61. The molecule has 1 heterocycles. The Balaban J connectivity index is 3.15. The molecule has 0 fully saturated rings. The van der Waals surface area contributed by atoms with Crippen LogP contribution >= 0.6 is 0 Å². The largest absolute Gasteiger partial charge is 0.330 e. The second-order valence-corrected chi connectivity index (χ2v) is 6.52. The van der Waals surface area contributed by atoms with Crippen molar-refractivity contribution in [1.29, 1.82) is 0 Å². The number of hydrogen-bond donors (Lipinski definition) is 1. The van der Waals surface area contributed by atoms with Crippen molar-refractivity contribution in [2.75, 3.05) is 20.1 Å². The lowest BCUT2D eigenvalue weighted by atomic mass is 10.4. The quantitative estimate of drug-likeness (QED) is 0.805. The maximum atomic E-state index is 12.4. The number of nitrogens with two attached hydrogens (primary N) is 1. The molecule has 0 unspecified atom stereocenters. The first kappa shape index (κ1) is 17.0. The van der Waals surface area contributed by atoms with Crippen LogP contribution in [0, 0.1) is 13.8 Å². The maximum Gasteiger partial charge on any atom is 0.252 e. The molecule has 1 aromatic rings. The van der Waals surface area contributed by atoms with E-state index in [0.717, 1.165) is 7.05 Å². The average molecular weight is 310 g/mol. The van der Waals surface area contributed by atoms with E-state index in [0.29, 0.717) is 35.2 Å². The minimum absolute atomic E-state index is 0.00216. The summed E-state index contributed by atoms with van der Waals surface area (Å²) in [5.74, 6) is 0. The highest BCUT2D eigenvalue weighted by molar-refractivity contribution is 7.89. The van der Waals surface area contributed by atoms with Crippen LogP contribution in [-0.2, 0) is 16.6 Å². The molecular formula is C11H20F2N4O2S. The molecule has 9 heteroatoms. The van der Waals surface area contributed by atoms with Crippen molar-refractivity contribution >= 4 is 10.0 Å². The second-order valence-electron chi connectivity index (χ2n) is 4.54. The summed E-state index contributed by atoms with van der Waals surface area (Å²) < 4.78 is 51.6. The van der Waals surface area contributed by atoms with Crippen LogP contribution in [0.15, 0.2) is 4.90 Å². The number of hydrogen-bond acceptors (Lipinski definition) is 4. The van der Waals surface area contributed by atoms with Gasteiger partial charge in [-0.15, -0.1) is 0 Å². The molecular weight excluding hydrogens is 290 g/mol. The van der Waals surface area contributed by atoms with Gasteiger partial charge in [-0.1, -0.05) is 0 Å². The Morgan fingerprint density at radius 2 is 2.00 bits per heavy atom. The van der Waals surface area contributed by atoms with E-state index in [4.69, 9.17) is 5.73 Å². The molecule has 0 amide bonds. The zero-order valence-electron chi connectivity index (χ0n) is 11.8. The Morgan fingerprint density at radius 1 is 1.40 bits per heavy atom. The summed E-state index contributed by atoms with van der Waals surface area (Å²) in [5, 5.41) is 4.14. The lowest BCUT2D eigenvalue weighted by Gasteiger charge is -2.16. The Morgan fingerprint density at radius 3 is 2.50 bits per heavy atom. The number of halogens is 2. The monoisotopic (exact) mass is 310 g/mol. The zero-order valence-corrected chi connectivity index (χ0v) is 12.6. The van der Waals surface area contributed by atoms with Gasteiger partial charge in [0, 0.05) is 13.6 Å². The second kappa shape index (κ2) is 6.59. The molecule has 2 N–H and O–H groups in total. The van der Waals surface area contributed by atoms with Gasteiger partial charge < -0.3 is 5.73 Å². The molecule has 0 spiro atoms. The summed E-state index contributed by atoms with van der Waals surface area (Å²) in [6.07, 6.45) is -2.06. The molecule has 0 aliphatic rings. The van der Waals surface area contributed by atoms with Crippen molar-refractivity contribution in [1.82, 2.24) is 14.1 Å². The topological polar surface area (TPSA) is 81.2 Å². The molecule has 0 saturated carbocycles. The van der Waals surface area contributed by atoms with Crippen LogP contribution in [0.3, 0.4) is 0 Å². The molecule has 0 radical (unpaired) electrons. The van der Waals surface area contributed by atoms with E-state index in [1.807, 2.05) is 0 Å². The number of aryl methyl sites for hydroxylation is 2. The van der Waals surface area contributed by atoms with Gasteiger partial charge in [-0.3, -0.25) is 4.68 Å². The van der Waals surface area contributed by atoms with E-state index in [1.165, 1.54) is 0 Å². The SMILES string of the molecule is Cc1nn(CCCN)c(C)c1S(=O)(=O)N(C)CC(F)F. The van der Waals surface area contributed by atoms with E-state index in [-0.39, 0.29) is 4.90 Å². The third kappa shape index (κ3) is 3.53. The molecule has 20 heavy (non-hydrogen) atoms. The van der Waals surface area contributed by atoms with E-state index in [1.54, 1.807) is 18.5 Å². The summed E-state index contributed by atoms with van der Waals surface area (Å²) in [6, 6.07) is 0. The molecule has 0 aliphatic carbocycles. The molecule has 0 aliphatic heterocycles. The van der Waals surface area contributed by atoms with Crippen LogP contribution in [0.25, 0.3) is 0 Å². The molecule has 1 rings (SSSR count). The third-order valence-electron chi connectivity index (χ3n) is 2.95. The van der Waals surface area contributed by atoms with Crippen molar-refractivity contribution in [3.8, 4) is 0 Å². The molecule has 116 valence electrons. The summed E-state index contributed by atoms with van der Waals surface area (Å²) >= 11 is 0. The summed E-state index contributed by atoms with van der Waals surface area (Å²) in [6.45, 7) is 3.28. The normalized spacial score (nSPS) is 12.6. The standard InChI is InChI=1S/C11H20F2N4O2S/c1-8-11(9(2)17(15-8)6-4-5-14)20(18,19)16(3)7-10(12)13/h10H,4-7,14H2,1-3H3. The van der Waals surface area contributed by atoms with Crippen LogP contribution in [0.1, 0.15) is 17.8 Å². The van der Waals surface area contributed by atoms with Gasteiger partial charge >= 0.3 is 0 Å². The maximum absolute atomic E-state index is 12.4. The first-order chi connectivity index (χ1) is 9.21. The summed E-state index contributed by atoms with van der Waals surface area (Å²) in [7, 11) is -2.82. The van der Waals surface area contributed by atoms with Crippen molar-refractivity contribution in [3.63, 3.8) is 0 Å². The molecule has 1 aromatic heterocycles. The van der Waals surface area contributed by atoms with Gasteiger partial charge in [0.25, 0.3) is 6.43 Å². The molecule has 0 atom stereocenters. The Labute approximate surface area is 117 Å². The fourth-order valence-electron chi connectivity index (χ4n) is 1.96. The number of rotatable bonds is 7. The lowest BCUT2D eigenvalue weighted by Crippen LogP contribution is -2.32. The van der Waals surface area contributed by atoms with Crippen LogP contribution in [0.5, 0.6) is 0 Å². The van der Waals surface area contributed by atoms with Gasteiger partial charge in [0.05, 0.1) is 17.9 Å². The van der Waals surface area contributed by atoms with E-state index >= 15 is 0 Å². The molecule has 0 bridgehead atoms. The van der Waals surface area contributed by atoms with Crippen molar-refractivity contribution in [3.05, 3.63) is 11.4 Å². The van der Waals surface area contributed by atoms with Crippen LogP contribution < -0.4 is 5.73 Å². The van der Waals surface area contributed by atoms with Crippen molar-refractivity contribution in [2.45, 2.75) is 38.1 Å². The van der Waals surface area contributed by atoms with Crippen LogP contribution in [0.2, 0.25) is 0 Å². The molecule has 0 aromatic carbocycles. The van der Waals surface area contributed by atoms with Gasteiger partial charge in [-0.2, -0.15) is 9.40 Å².